The molecule has 1 N–H and O–H groups in total. The van der Waals surface area contributed by atoms with E-state index in [-0.39, 0.29) is 0 Å². The summed E-state index contributed by atoms with van der Waals surface area (Å²) in [5.41, 5.74) is 2.48. The van der Waals surface area contributed by atoms with Gasteiger partial charge >= 0.3 is 0 Å². The van der Waals surface area contributed by atoms with Gasteiger partial charge in [-0.1, -0.05) is 41.9 Å². The molecule has 0 bridgehead atoms. The molecule has 0 fully saturated rings. The lowest BCUT2D eigenvalue weighted by atomic mass is 10.0. The molecule has 0 saturated heterocycles. The minimum Gasteiger partial charge on any atom is -0.315 e. The topological polar surface area (TPSA) is 24.9 Å². The summed E-state index contributed by atoms with van der Waals surface area (Å²) in [5.74, 6) is 0. The number of fused-ring (bicyclic) bond motifs is 1. The summed E-state index contributed by atoms with van der Waals surface area (Å²) in [6, 6.07) is 9.01. The molecule has 102 valence electrons. The van der Waals surface area contributed by atoms with E-state index in [2.05, 4.69) is 58.3 Å². The first-order chi connectivity index (χ1) is 9.18. The number of rotatable bonds is 6. The van der Waals surface area contributed by atoms with Gasteiger partial charge in [-0.15, -0.1) is 0 Å². The van der Waals surface area contributed by atoms with E-state index in [1.54, 1.807) is 0 Å². The molecule has 0 aliphatic carbocycles. The molecule has 0 atom stereocenters. The average molecular weight is 321 g/mol. The van der Waals surface area contributed by atoms with Crippen molar-refractivity contribution >= 4 is 26.8 Å². The third kappa shape index (κ3) is 4.02. The SMILES string of the molecule is CC(C)NCCCCc1ccc(Br)c2cccnc12. The lowest BCUT2D eigenvalue weighted by molar-refractivity contribution is 0.558. The molecule has 3 heteroatoms. The molecule has 0 unspecified atom stereocenters. The number of pyridine rings is 1. The highest BCUT2D eigenvalue weighted by molar-refractivity contribution is 9.10. The quantitative estimate of drug-likeness (QED) is 0.802. The van der Waals surface area contributed by atoms with Gasteiger partial charge in [-0.05, 0) is 43.5 Å². The highest BCUT2D eigenvalue weighted by Crippen LogP contribution is 2.26. The van der Waals surface area contributed by atoms with Gasteiger partial charge in [0.15, 0.2) is 0 Å². The summed E-state index contributed by atoms with van der Waals surface area (Å²) in [6.07, 6.45) is 5.38. The fourth-order valence-corrected chi connectivity index (χ4v) is 2.68. The molecule has 2 aromatic rings. The van der Waals surface area contributed by atoms with E-state index in [1.807, 2.05) is 12.3 Å². The molecule has 2 rings (SSSR count). The lowest BCUT2D eigenvalue weighted by Crippen LogP contribution is -2.23. The monoisotopic (exact) mass is 320 g/mol. The van der Waals surface area contributed by atoms with Gasteiger partial charge in [0, 0.05) is 22.1 Å². The van der Waals surface area contributed by atoms with Crippen molar-refractivity contribution in [2.45, 2.75) is 39.2 Å². The molecule has 19 heavy (non-hydrogen) atoms. The third-order valence-electron chi connectivity index (χ3n) is 3.23. The molecule has 1 aromatic carbocycles. The first kappa shape index (κ1) is 14.5. The maximum atomic E-state index is 4.52. The number of aromatic nitrogens is 1. The van der Waals surface area contributed by atoms with Crippen LogP contribution >= 0.6 is 15.9 Å². The molecule has 0 saturated carbocycles. The van der Waals surface area contributed by atoms with E-state index in [0.29, 0.717) is 6.04 Å². The standard InChI is InChI=1S/C16H21BrN2/c1-12(2)18-10-4-3-6-13-8-9-15(17)14-7-5-11-19-16(13)14/h5,7-9,11-12,18H,3-4,6,10H2,1-2H3. The van der Waals surface area contributed by atoms with Crippen LogP contribution in [0.25, 0.3) is 10.9 Å². The predicted molar refractivity (Wildman–Crippen MR) is 85.5 cm³/mol. The highest BCUT2D eigenvalue weighted by atomic mass is 79.9. The van der Waals surface area contributed by atoms with Crippen LogP contribution in [0.3, 0.4) is 0 Å². The van der Waals surface area contributed by atoms with Crippen molar-refractivity contribution in [1.82, 2.24) is 10.3 Å². The summed E-state index contributed by atoms with van der Waals surface area (Å²) < 4.78 is 1.13. The zero-order valence-corrected chi connectivity index (χ0v) is 13.2. The Morgan fingerprint density at radius 3 is 2.84 bits per heavy atom. The van der Waals surface area contributed by atoms with Crippen LogP contribution in [-0.4, -0.2) is 17.6 Å². The molecule has 0 aliphatic heterocycles. The predicted octanol–water partition coefficient (Wildman–Crippen LogP) is 4.32. The highest BCUT2D eigenvalue weighted by Gasteiger charge is 2.05. The Morgan fingerprint density at radius 1 is 1.21 bits per heavy atom. The van der Waals surface area contributed by atoms with Crippen molar-refractivity contribution in [3.8, 4) is 0 Å². The van der Waals surface area contributed by atoms with E-state index in [1.165, 1.54) is 23.8 Å². The van der Waals surface area contributed by atoms with Gasteiger partial charge < -0.3 is 5.32 Å². The molecule has 0 amide bonds. The van der Waals surface area contributed by atoms with Gasteiger partial charge in [-0.25, -0.2) is 0 Å². The smallest absolute Gasteiger partial charge is 0.0745 e. The number of halogens is 1. The maximum Gasteiger partial charge on any atom is 0.0745 e. The van der Waals surface area contributed by atoms with Crippen LogP contribution in [0.1, 0.15) is 32.3 Å². The first-order valence-electron chi connectivity index (χ1n) is 6.94. The zero-order chi connectivity index (χ0) is 13.7. The maximum absolute atomic E-state index is 4.52. The second-order valence-electron chi connectivity index (χ2n) is 5.17. The molecule has 1 heterocycles. The van der Waals surface area contributed by atoms with Crippen molar-refractivity contribution in [1.29, 1.82) is 0 Å². The van der Waals surface area contributed by atoms with Crippen LogP contribution in [0.4, 0.5) is 0 Å². The number of benzene rings is 1. The van der Waals surface area contributed by atoms with Crippen LogP contribution < -0.4 is 5.32 Å². The van der Waals surface area contributed by atoms with Gasteiger partial charge in [0.05, 0.1) is 5.52 Å². The zero-order valence-electron chi connectivity index (χ0n) is 11.6. The van der Waals surface area contributed by atoms with Crippen LogP contribution in [0.15, 0.2) is 34.9 Å². The van der Waals surface area contributed by atoms with Gasteiger partial charge in [-0.2, -0.15) is 0 Å². The molecule has 0 aliphatic rings. The second-order valence-corrected chi connectivity index (χ2v) is 6.03. The minimum atomic E-state index is 0.579. The number of aryl methyl sites for hydroxylation is 1. The van der Waals surface area contributed by atoms with E-state index in [4.69, 9.17) is 0 Å². The Balaban J connectivity index is 1.99. The Morgan fingerprint density at radius 2 is 2.05 bits per heavy atom. The van der Waals surface area contributed by atoms with Gasteiger partial charge in [0.1, 0.15) is 0 Å². The van der Waals surface area contributed by atoms with E-state index < -0.39 is 0 Å². The lowest BCUT2D eigenvalue weighted by Gasteiger charge is -2.09. The molecular formula is C16H21BrN2. The molecule has 1 aromatic heterocycles. The summed E-state index contributed by atoms with van der Waals surface area (Å²) in [7, 11) is 0. The Labute approximate surface area is 123 Å². The van der Waals surface area contributed by atoms with Crippen molar-refractivity contribution in [3.05, 3.63) is 40.5 Å². The Bertz CT molecular complexity index is 537. The van der Waals surface area contributed by atoms with E-state index in [0.717, 1.165) is 23.0 Å². The largest absolute Gasteiger partial charge is 0.315 e. The summed E-state index contributed by atoms with van der Waals surface area (Å²) in [4.78, 5) is 4.52. The number of nitrogens with one attached hydrogen (secondary N) is 1. The van der Waals surface area contributed by atoms with Crippen LogP contribution in [0.2, 0.25) is 0 Å². The third-order valence-corrected chi connectivity index (χ3v) is 3.92. The fraction of sp³-hybridized carbons (Fsp3) is 0.438. The number of unbranched alkanes of at least 4 members (excludes halogenated alkanes) is 1. The molecule has 2 nitrogen and oxygen atoms in total. The number of hydrogen-bond acceptors (Lipinski definition) is 2. The summed E-state index contributed by atoms with van der Waals surface area (Å²) in [5, 5.41) is 4.66. The van der Waals surface area contributed by atoms with Crippen LogP contribution in [0, 0.1) is 0 Å². The normalized spacial score (nSPS) is 11.4. The molecule has 0 spiro atoms. The molecule has 0 radical (unpaired) electrons. The van der Waals surface area contributed by atoms with Crippen molar-refractivity contribution < 1.29 is 0 Å². The van der Waals surface area contributed by atoms with Crippen LogP contribution in [-0.2, 0) is 6.42 Å². The van der Waals surface area contributed by atoms with Crippen molar-refractivity contribution in [2.75, 3.05) is 6.54 Å². The van der Waals surface area contributed by atoms with Gasteiger partial charge in [-0.3, -0.25) is 4.98 Å². The second kappa shape index (κ2) is 7.01. The number of nitrogens with zero attached hydrogens (tertiary/aromatic N) is 1. The number of hydrogen-bond donors (Lipinski definition) is 1. The fourth-order valence-electron chi connectivity index (χ4n) is 2.23. The van der Waals surface area contributed by atoms with E-state index in [9.17, 15) is 0 Å². The van der Waals surface area contributed by atoms with E-state index >= 15 is 0 Å². The van der Waals surface area contributed by atoms with Crippen molar-refractivity contribution in [2.24, 2.45) is 0 Å². The van der Waals surface area contributed by atoms with Gasteiger partial charge in [0.2, 0.25) is 0 Å². The Kier molecular flexibility index (Phi) is 5.34. The van der Waals surface area contributed by atoms with Crippen LogP contribution in [0.5, 0.6) is 0 Å². The minimum absolute atomic E-state index is 0.579. The Hall–Kier alpha value is -0.930. The van der Waals surface area contributed by atoms with Gasteiger partial charge in [0.25, 0.3) is 0 Å². The summed E-state index contributed by atoms with van der Waals surface area (Å²) in [6.45, 7) is 5.47. The average Bonchev–Trinajstić information content (AvgIpc) is 2.41. The van der Waals surface area contributed by atoms with Crippen molar-refractivity contribution in [3.63, 3.8) is 0 Å². The molecular weight excluding hydrogens is 300 g/mol. The summed E-state index contributed by atoms with van der Waals surface area (Å²) >= 11 is 3.59. The first-order valence-corrected chi connectivity index (χ1v) is 7.73.